The van der Waals surface area contributed by atoms with Gasteiger partial charge in [0.25, 0.3) is 5.91 Å². The second-order valence-electron chi connectivity index (χ2n) is 7.96. The lowest BCUT2D eigenvalue weighted by Gasteiger charge is -2.34. The van der Waals surface area contributed by atoms with Gasteiger partial charge in [0, 0.05) is 38.1 Å². The van der Waals surface area contributed by atoms with Crippen molar-refractivity contribution >= 4 is 34.2 Å². The highest BCUT2D eigenvalue weighted by atomic mass is 32.1. The van der Waals surface area contributed by atoms with E-state index in [0.29, 0.717) is 0 Å². The third kappa shape index (κ3) is 4.49. The van der Waals surface area contributed by atoms with Gasteiger partial charge < -0.3 is 4.90 Å². The molecule has 4 nitrogen and oxygen atoms in total. The summed E-state index contributed by atoms with van der Waals surface area (Å²) >= 11 is 1.65. The number of pyridine rings is 1. The van der Waals surface area contributed by atoms with Crippen molar-refractivity contribution in [3.05, 3.63) is 95.4 Å². The molecule has 3 heterocycles. The van der Waals surface area contributed by atoms with E-state index in [0.717, 1.165) is 59.8 Å². The number of rotatable bonds is 5. The first-order valence-electron chi connectivity index (χ1n) is 10.9. The van der Waals surface area contributed by atoms with Crippen molar-refractivity contribution in [2.75, 3.05) is 32.7 Å². The fourth-order valence-corrected chi connectivity index (χ4v) is 4.79. The summed E-state index contributed by atoms with van der Waals surface area (Å²) in [5.74, 6) is 0.0980. The molecule has 1 aliphatic rings. The van der Waals surface area contributed by atoms with Gasteiger partial charge in [0.2, 0.25) is 0 Å². The number of aromatic nitrogens is 1. The molecule has 0 aliphatic carbocycles. The summed E-state index contributed by atoms with van der Waals surface area (Å²) in [7, 11) is 0. The molecule has 2 aromatic heterocycles. The first-order valence-corrected chi connectivity index (χ1v) is 11.8. The molecule has 0 atom stereocenters. The van der Waals surface area contributed by atoms with Crippen LogP contribution in [0.2, 0.25) is 0 Å². The third-order valence-electron chi connectivity index (χ3n) is 5.85. The van der Waals surface area contributed by atoms with Crippen molar-refractivity contribution in [1.82, 2.24) is 14.8 Å². The highest BCUT2D eigenvalue weighted by Crippen LogP contribution is 2.28. The maximum Gasteiger partial charge on any atom is 0.254 e. The number of thiophene rings is 1. The molecule has 4 aromatic rings. The van der Waals surface area contributed by atoms with E-state index in [9.17, 15) is 4.79 Å². The average Bonchev–Trinajstić information content (AvgIpc) is 3.39. The van der Waals surface area contributed by atoms with E-state index in [1.807, 2.05) is 52.7 Å². The van der Waals surface area contributed by atoms with Crippen LogP contribution in [0.5, 0.6) is 0 Å². The number of carbonyl (C=O) groups is 1. The van der Waals surface area contributed by atoms with Crippen LogP contribution in [0.4, 0.5) is 0 Å². The number of nitrogens with zero attached hydrogens (tertiary/aromatic N) is 3. The lowest BCUT2D eigenvalue weighted by molar-refractivity contribution is 0.0652. The molecule has 160 valence electrons. The zero-order chi connectivity index (χ0) is 21.8. The Morgan fingerprint density at radius 1 is 0.938 bits per heavy atom. The summed E-state index contributed by atoms with van der Waals surface area (Å²) in [4.78, 5) is 23.8. The SMILES string of the molecule is O=C(c1cc(-c2cccs2)nc2ccccc12)N1CCN(CC=Cc2ccccc2)CC1. The molecule has 0 bridgehead atoms. The molecule has 5 rings (SSSR count). The quantitative estimate of drug-likeness (QED) is 0.416. The minimum absolute atomic E-state index is 0.0980. The van der Waals surface area contributed by atoms with Crippen LogP contribution in [0.25, 0.3) is 27.6 Å². The van der Waals surface area contributed by atoms with Crippen LogP contribution in [0, 0.1) is 0 Å². The van der Waals surface area contributed by atoms with Gasteiger partial charge in [0.1, 0.15) is 0 Å². The van der Waals surface area contributed by atoms with E-state index >= 15 is 0 Å². The standard InChI is InChI=1S/C27H25N3OS/c31-27(30-17-15-29(16-18-30)14-6-10-21-8-2-1-3-9-21)23-20-25(26-13-7-19-32-26)28-24-12-5-4-11-22(23)24/h1-13,19-20H,14-18H2. The van der Waals surface area contributed by atoms with E-state index in [4.69, 9.17) is 4.98 Å². The summed E-state index contributed by atoms with van der Waals surface area (Å²) in [5, 5.41) is 2.96. The zero-order valence-electron chi connectivity index (χ0n) is 17.9. The van der Waals surface area contributed by atoms with Gasteiger partial charge in [-0.2, -0.15) is 0 Å². The number of piperazine rings is 1. The van der Waals surface area contributed by atoms with Crippen LogP contribution >= 0.6 is 11.3 Å². The summed E-state index contributed by atoms with van der Waals surface area (Å²) in [6.07, 6.45) is 4.36. The van der Waals surface area contributed by atoms with Gasteiger partial charge in [0.15, 0.2) is 0 Å². The Bertz CT molecular complexity index is 1230. The Morgan fingerprint density at radius 3 is 2.50 bits per heavy atom. The molecule has 5 heteroatoms. The van der Waals surface area contributed by atoms with Gasteiger partial charge in [0.05, 0.1) is 21.7 Å². The molecule has 0 saturated carbocycles. The molecule has 1 saturated heterocycles. The van der Waals surface area contributed by atoms with E-state index in [1.54, 1.807) is 11.3 Å². The third-order valence-corrected chi connectivity index (χ3v) is 6.75. The van der Waals surface area contributed by atoms with Crippen molar-refractivity contribution in [3.8, 4) is 10.6 Å². The summed E-state index contributed by atoms with van der Waals surface area (Å²) in [5.41, 5.74) is 3.70. The van der Waals surface area contributed by atoms with Gasteiger partial charge in [-0.1, -0.05) is 66.7 Å². The van der Waals surface area contributed by atoms with Gasteiger partial charge >= 0.3 is 0 Å². The Morgan fingerprint density at radius 2 is 1.72 bits per heavy atom. The van der Waals surface area contributed by atoms with Gasteiger partial charge in [-0.25, -0.2) is 4.98 Å². The number of carbonyl (C=O) groups excluding carboxylic acids is 1. The minimum atomic E-state index is 0.0980. The Labute approximate surface area is 192 Å². The number of fused-ring (bicyclic) bond motifs is 1. The van der Waals surface area contributed by atoms with Crippen molar-refractivity contribution in [3.63, 3.8) is 0 Å². The maximum atomic E-state index is 13.5. The zero-order valence-corrected chi connectivity index (χ0v) is 18.7. The lowest BCUT2D eigenvalue weighted by atomic mass is 10.1. The summed E-state index contributed by atoms with van der Waals surface area (Å²) < 4.78 is 0. The molecular weight excluding hydrogens is 414 g/mol. The average molecular weight is 440 g/mol. The highest BCUT2D eigenvalue weighted by molar-refractivity contribution is 7.13. The largest absolute Gasteiger partial charge is 0.336 e. The van der Waals surface area contributed by atoms with Crippen molar-refractivity contribution < 1.29 is 4.79 Å². The first-order chi connectivity index (χ1) is 15.8. The lowest BCUT2D eigenvalue weighted by Crippen LogP contribution is -2.48. The topological polar surface area (TPSA) is 36.4 Å². The Hall–Kier alpha value is -3.28. The predicted octanol–water partition coefficient (Wildman–Crippen LogP) is 5.43. The molecule has 2 aromatic carbocycles. The maximum absolute atomic E-state index is 13.5. The van der Waals surface area contributed by atoms with Crippen LogP contribution in [0.1, 0.15) is 15.9 Å². The molecule has 0 N–H and O–H groups in total. The molecule has 1 amide bonds. The number of para-hydroxylation sites is 1. The second kappa shape index (κ2) is 9.47. The summed E-state index contributed by atoms with van der Waals surface area (Å²) in [6.45, 7) is 4.14. The fraction of sp³-hybridized carbons (Fsp3) is 0.185. The van der Waals surface area contributed by atoms with Crippen LogP contribution in [-0.4, -0.2) is 53.4 Å². The molecule has 0 radical (unpaired) electrons. The van der Waals surface area contributed by atoms with Crippen LogP contribution in [-0.2, 0) is 0 Å². The van der Waals surface area contributed by atoms with E-state index < -0.39 is 0 Å². The monoisotopic (exact) mass is 439 g/mol. The Balaban J connectivity index is 1.29. The number of hydrogen-bond donors (Lipinski definition) is 0. The molecule has 32 heavy (non-hydrogen) atoms. The van der Waals surface area contributed by atoms with E-state index in [1.165, 1.54) is 5.56 Å². The number of amides is 1. The smallest absolute Gasteiger partial charge is 0.254 e. The van der Waals surface area contributed by atoms with Crippen LogP contribution in [0.15, 0.2) is 84.3 Å². The number of hydrogen-bond acceptors (Lipinski definition) is 4. The van der Waals surface area contributed by atoms with Crippen LogP contribution in [0.3, 0.4) is 0 Å². The van der Waals surface area contributed by atoms with E-state index in [2.05, 4.69) is 47.4 Å². The van der Waals surface area contributed by atoms with Gasteiger partial charge in [-0.15, -0.1) is 11.3 Å². The fourth-order valence-electron chi connectivity index (χ4n) is 4.11. The van der Waals surface area contributed by atoms with Gasteiger partial charge in [-0.3, -0.25) is 9.69 Å². The molecular formula is C27H25N3OS. The van der Waals surface area contributed by atoms with Crippen molar-refractivity contribution in [2.45, 2.75) is 0 Å². The summed E-state index contributed by atoms with van der Waals surface area (Å²) in [6, 6.07) is 24.3. The number of benzene rings is 2. The minimum Gasteiger partial charge on any atom is -0.336 e. The van der Waals surface area contributed by atoms with E-state index in [-0.39, 0.29) is 5.91 Å². The first kappa shape index (κ1) is 20.6. The second-order valence-corrected chi connectivity index (χ2v) is 8.90. The highest BCUT2D eigenvalue weighted by Gasteiger charge is 2.24. The Kier molecular flexibility index (Phi) is 6.10. The van der Waals surface area contributed by atoms with Crippen molar-refractivity contribution in [1.29, 1.82) is 0 Å². The normalized spacial score (nSPS) is 14.9. The van der Waals surface area contributed by atoms with Crippen LogP contribution < -0.4 is 0 Å². The molecule has 0 spiro atoms. The molecule has 0 unspecified atom stereocenters. The van der Waals surface area contributed by atoms with Crippen molar-refractivity contribution in [2.24, 2.45) is 0 Å². The van der Waals surface area contributed by atoms with Gasteiger partial charge in [-0.05, 0) is 29.1 Å². The predicted molar refractivity (Wildman–Crippen MR) is 133 cm³/mol. The molecule has 1 aliphatic heterocycles. The molecule has 1 fully saturated rings.